The largest absolute Gasteiger partial charge is 0.394 e. The number of nitro groups is 1. The zero-order chi connectivity index (χ0) is 18.4. The SMILES string of the molecule is O=[N+]([O-])c1ccc(N/N=N/CO[C@H]2O[C@H](CO)[C@@H](O)[C@H](O)[C@@H]2O)cc1. The molecule has 0 aromatic heterocycles. The lowest BCUT2D eigenvalue weighted by molar-refractivity contribution is -0.384. The number of aliphatic hydroxyl groups excluding tert-OH is 4. The van der Waals surface area contributed by atoms with Gasteiger partial charge in [-0.15, -0.1) is 5.11 Å². The third-order valence-electron chi connectivity index (χ3n) is 3.47. The third kappa shape index (κ3) is 4.88. The highest BCUT2D eigenvalue weighted by Crippen LogP contribution is 2.22. The summed E-state index contributed by atoms with van der Waals surface area (Å²) in [5.41, 5.74) is 2.92. The number of ether oxygens (including phenoxy) is 2. The van der Waals surface area contributed by atoms with E-state index in [0.717, 1.165) is 0 Å². The Bertz CT molecular complexity index is 596. The van der Waals surface area contributed by atoms with E-state index in [9.17, 15) is 25.4 Å². The molecule has 25 heavy (non-hydrogen) atoms. The first-order valence-electron chi connectivity index (χ1n) is 7.23. The molecule has 12 heteroatoms. The van der Waals surface area contributed by atoms with Gasteiger partial charge in [-0.1, -0.05) is 5.22 Å². The number of anilines is 1. The highest BCUT2D eigenvalue weighted by molar-refractivity contribution is 5.47. The average Bonchev–Trinajstić information content (AvgIpc) is 2.61. The third-order valence-corrected chi connectivity index (χ3v) is 3.47. The maximum absolute atomic E-state index is 10.5. The van der Waals surface area contributed by atoms with Crippen LogP contribution in [0.4, 0.5) is 11.4 Å². The van der Waals surface area contributed by atoms with Crippen LogP contribution in [0.2, 0.25) is 0 Å². The van der Waals surface area contributed by atoms with E-state index >= 15 is 0 Å². The predicted octanol–water partition coefficient (Wildman–Crippen LogP) is -0.852. The van der Waals surface area contributed by atoms with Crippen LogP contribution in [0.5, 0.6) is 0 Å². The van der Waals surface area contributed by atoms with Gasteiger partial charge in [-0.2, -0.15) is 0 Å². The molecular formula is C13H18N4O8. The molecule has 1 aromatic carbocycles. The number of nitrogens with zero attached hydrogens (tertiary/aromatic N) is 3. The lowest BCUT2D eigenvalue weighted by atomic mass is 9.99. The molecule has 1 aromatic rings. The topological polar surface area (TPSA) is 179 Å². The van der Waals surface area contributed by atoms with Gasteiger partial charge in [0.05, 0.1) is 17.2 Å². The van der Waals surface area contributed by atoms with Gasteiger partial charge in [0.2, 0.25) is 0 Å². The minimum absolute atomic E-state index is 0.0616. The Morgan fingerprint density at radius 1 is 1.20 bits per heavy atom. The summed E-state index contributed by atoms with van der Waals surface area (Å²) in [5.74, 6) is 0. The van der Waals surface area contributed by atoms with Crippen molar-refractivity contribution >= 4 is 11.4 Å². The number of non-ortho nitro benzene ring substituents is 1. The van der Waals surface area contributed by atoms with Crippen molar-refractivity contribution in [3.8, 4) is 0 Å². The van der Waals surface area contributed by atoms with Crippen LogP contribution in [0.1, 0.15) is 0 Å². The molecule has 0 amide bonds. The number of rotatable bonds is 7. The van der Waals surface area contributed by atoms with Gasteiger partial charge in [-0.3, -0.25) is 15.5 Å². The Kier molecular flexibility index (Phi) is 6.69. The van der Waals surface area contributed by atoms with Gasteiger partial charge in [-0.05, 0) is 12.1 Å². The fourth-order valence-electron chi connectivity index (χ4n) is 2.09. The summed E-state index contributed by atoms with van der Waals surface area (Å²) in [5, 5.41) is 55.7. The van der Waals surface area contributed by atoms with Crippen LogP contribution >= 0.6 is 0 Å². The summed E-state index contributed by atoms with van der Waals surface area (Å²) in [6.07, 6.45) is -6.89. The van der Waals surface area contributed by atoms with Gasteiger partial charge in [0, 0.05) is 12.1 Å². The molecule has 0 bridgehead atoms. The second-order valence-corrected chi connectivity index (χ2v) is 5.15. The predicted molar refractivity (Wildman–Crippen MR) is 81.3 cm³/mol. The number of aliphatic hydroxyl groups is 4. The smallest absolute Gasteiger partial charge is 0.269 e. The number of hydrogen-bond acceptors (Lipinski definition) is 10. The molecular weight excluding hydrogens is 340 g/mol. The molecule has 0 aliphatic carbocycles. The minimum Gasteiger partial charge on any atom is -0.394 e. The van der Waals surface area contributed by atoms with Crippen molar-refractivity contribution in [3.05, 3.63) is 34.4 Å². The molecule has 0 radical (unpaired) electrons. The summed E-state index contributed by atoms with van der Waals surface area (Å²) in [6, 6.07) is 5.47. The average molecular weight is 358 g/mol. The quantitative estimate of drug-likeness (QED) is 0.236. The van der Waals surface area contributed by atoms with Crippen LogP contribution < -0.4 is 5.43 Å². The van der Waals surface area contributed by atoms with E-state index in [1.54, 1.807) is 0 Å². The van der Waals surface area contributed by atoms with E-state index in [1.807, 2.05) is 0 Å². The highest BCUT2D eigenvalue weighted by atomic mass is 16.7. The van der Waals surface area contributed by atoms with Gasteiger partial charge >= 0.3 is 0 Å². The van der Waals surface area contributed by atoms with Crippen LogP contribution in [-0.4, -0.2) is 69.4 Å². The van der Waals surface area contributed by atoms with Crippen LogP contribution in [-0.2, 0) is 9.47 Å². The van der Waals surface area contributed by atoms with Gasteiger partial charge in [0.25, 0.3) is 5.69 Å². The Hall–Kier alpha value is -2.22. The maximum atomic E-state index is 10.5. The van der Waals surface area contributed by atoms with Crippen LogP contribution in [0, 0.1) is 10.1 Å². The van der Waals surface area contributed by atoms with Gasteiger partial charge in [0.15, 0.2) is 13.0 Å². The molecule has 1 aliphatic rings. The molecule has 5 atom stereocenters. The second-order valence-electron chi connectivity index (χ2n) is 5.15. The summed E-state index contributed by atoms with van der Waals surface area (Å²) < 4.78 is 10.2. The zero-order valence-corrected chi connectivity index (χ0v) is 12.9. The maximum Gasteiger partial charge on any atom is 0.269 e. The highest BCUT2D eigenvalue weighted by Gasteiger charge is 2.43. The van der Waals surface area contributed by atoms with E-state index in [1.165, 1.54) is 24.3 Å². The zero-order valence-electron chi connectivity index (χ0n) is 12.9. The van der Waals surface area contributed by atoms with E-state index in [2.05, 4.69) is 15.8 Å². The molecule has 0 spiro atoms. The fourth-order valence-corrected chi connectivity index (χ4v) is 2.09. The van der Waals surface area contributed by atoms with Crippen molar-refractivity contribution < 1.29 is 34.8 Å². The molecule has 0 unspecified atom stereocenters. The lowest BCUT2D eigenvalue weighted by Crippen LogP contribution is -2.59. The first kappa shape index (κ1) is 19.1. The Morgan fingerprint density at radius 2 is 1.88 bits per heavy atom. The van der Waals surface area contributed by atoms with E-state index in [0.29, 0.717) is 5.69 Å². The molecule has 138 valence electrons. The van der Waals surface area contributed by atoms with E-state index in [4.69, 9.17) is 14.6 Å². The normalized spacial score (nSPS) is 29.7. The number of benzene rings is 1. The van der Waals surface area contributed by atoms with Crippen molar-refractivity contribution in [1.29, 1.82) is 0 Å². The molecule has 2 rings (SSSR count). The molecule has 1 heterocycles. The molecule has 0 saturated carbocycles. The Morgan fingerprint density at radius 3 is 2.48 bits per heavy atom. The lowest BCUT2D eigenvalue weighted by Gasteiger charge is -2.39. The summed E-state index contributed by atoms with van der Waals surface area (Å²) >= 11 is 0. The summed E-state index contributed by atoms with van der Waals surface area (Å²) in [7, 11) is 0. The van der Waals surface area contributed by atoms with Gasteiger partial charge in [0.1, 0.15) is 24.4 Å². The summed E-state index contributed by atoms with van der Waals surface area (Å²) in [6.45, 7) is -0.906. The molecule has 1 aliphatic heterocycles. The molecule has 5 N–H and O–H groups in total. The van der Waals surface area contributed by atoms with E-state index in [-0.39, 0.29) is 12.4 Å². The van der Waals surface area contributed by atoms with Crippen molar-refractivity contribution in [2.75, 3.05) is 18.8 Å². The number of nitro benzene ring substituents is 1. The molecule has 12 nitrogen and oxygen atoms in total. The first-order valence-corrected chi connectivity index (χ1v) is 7.23. The first-order chi connectivity index (χ1) is 11.9. The van der Waals surface area contributed by atoms with Crippen LogP contribution in [0.15, 0.2) is 34.6 Å². The van der Waals surface area contributed by atoms with Crippen molar-refractivity contribution in [1.82, 2.24) is 0 Å². The number of hydrogen-bond donors (Lipinski definition) is 5. The summed E-state index contributed by atoms with van der Waals surface area (Å²) in [4.78, 5) is 9.99. The van der Waals surface area contributed by atoms with Crippen molar-refractivity contribution in [3.63, 3.8) is 0 Å². The van der Waals surface area contributed by atoms with Crippen molar-refractivity contribution in [2.45, 2.75) is 30.7 Å². The minimum atomic E-state index is -1.54. The van der Waals surface area contributed by atoms with Gasteiger partial charge < -0.3 is 29.9 Å². The Labute approximate surface area is 141 Å². The molecule has 1 fully saturated rings. The monoisotopic (exact) mass is 358 g/mol. The van der Waals surface area contributed by atoms with Crippen LogP contribution in [0.25, 0.3) is 0 Å². The Balaban J connectivity index is 1.79. The van der Waals surface area contributed by atoms with Crippen molar-refractivity contribution in [2.24, 2.45) is 10.3 Å². The van der Waals surface area contributed by atoms with E-state index < -0.39 is 42.2 Å². The van der Waals surface area contributed by atoms with Gasteiger partial charge in [-0.25, -0.2) is 0 Å². The second kappa shape index (κ2) is 8.75. The molecule has 1 saturated heterocycles. The number of nitrogens with one attached hydrogen (secondary N) is 1. The fraction of sp³-hybridized carbons (Fsp3) is 0.538. The standard InChI is InChI=1S/C13H18N4O8/c18-5-9-10(19)11(20)12(21)13(25-9)24-6-14-16-15-7-1-3-8(4-2-7)17(22)23/h1-4,9-13,18-21H,5-6H2,(H,14,15)/t9-,10-,11+,12+,13+/m1/s1. The van der Waals surface area contributed by atoms with Crippen LogP contribution in [0.3, 0.4) is 0 Å².